The van der Waals surface area contributed by atoms with Crippen LogP contribution in [0.5, 0.6) is 0 Å². The molecule has 0 N–H and O–H groups in total. The van der Waals surface area contributed by atoms with Crippen molar-refractivity contribution in [2.75, 3.05) is 0 Å². The lowest BCUT2D eigenvalue weighted by Crippen LogP contribution is -1.90. The van der Waals surface area contributed by atoms with Crippen LogP contribution in [0.3, 0.4) is 0 Å². The Hall–Kier alpha value is -1.62. The van der Waals surface area contributed by atoms with Gasteiger partial charge in [-0.25, -0.2) is 0 Å². The third-order valence-electron chi connectivity index (χ3n) is 1.52. The fraction of sp³-hybridized carbons (Fsp3) is 0.200. The van der Waals surface area contributed by atoms with E-state index in [2.05, 4.69) is 10.9 Å². The zero-order valence-corrected chi connectivity index (χ0v) is 6.66. The van der Waals surface area contributed by atoms with Crippen molar-refractivity contribution in [2.24, 2.45) is 0 Å². The molecule has 0 atom stereocenters. The maximum Gasteiger partial charge on any atom is 0.168 e. The maximum atomic E-state index is 10.3. The molecule has 1 rings (SSSR count). The summed E-state index contributed by atoms with van der Waals surface area (Å²) in [6, 6.07) is 3.62. The van der Waals surface area contributed by atoms with Crippen LogP contribution in [0.15, 0.2) is 18.3 Å². The smallest absolute Gasteiger partial charge is 0.168 e. The minimum atomic E-state index is 0.463. The van der Waals surface area contributed by atoms with Crippen molar-refractivity contribution in [3.63, 3.8) is 0 Å². The van der Waals surface area contributed by atoms with Gasteiger partial charge in [0, 0.05) is 12.6 Å². The molecule has 1 heterocycles. The summed E-state index contributed by atoms with van der Waals surface area (Å²) in [4.78, 5) is 14.2. The van der Waals surface area contributed by atoms with Crippen LogP contribution in [0, 0.1) is 12.3 Å². The van der Waals surface area contributed by atoms with E-state index in [-0.39, 0.29) is 0 Å². The molecule has 2 nitrogen and oxygen atoms in total. The van der Waals surface area contributed by atoms with Gasteiger partial charge in [-0.15, -0.1) is 12.3 Å². The Morgan fingerprint density at radius 1 is 1.67 bits per heavy atom. The molecule has 2 heteroatoms. The van der Waals surface area contributed by atoms with Crippen LogP contribution >= 0.6 is 0 Å². The van der Waals surface area contributed by atoms with Crippen molar-refractivity contribution in [1.29, 1.82) is 0 Å². The summed E-state index contributed by atoms with van der Waals surface area (Å²) < 4.78 is 0. The first kappa shape index (κ1) is 8.48. The summed E-state index contributed by atoms with van der Waals surface area (Å²) in [6.07, 6.45) is 8.97. The number of nitrogens with zero attached hydrogens (tertiary/aromatic N) is 1. The Morgan fingerprint density at radius 2 is 2.50 bits per heavy atom. The van der Waals surface area contributed by atoms with Gasteiger partial charge in [0.05, 0.1) is 0 Å². The fourth-order valence-electron chi connectivity index (χ4n) is 0.931. The van der Waals surface area contributed by atoms with Gasteiger partial charge in [0.2, 0.25) is 0 Å². The molecule has 12 heavy (non-hydrogen) atoms. The van der Waals surface area contributed by atoms with Crippen molar-refractivity contribution in [3.05, 3.63) is 29.6 Å². The van der Waals surface area contributed by atoms with Gasteiger partial charge in [-0.05, 0) is 24.1 Å². The Labute approximate surface area is 71.6 Å². The topological polar surface area (TPSA) is 30.0 Å². The number of pyridine rings is 1. The molecule has 0 aliphatic rings. The van der Waals surface area contributed by atoms with Gasteiger partial charge in [0.1, 0.15) is 5.69 Å². The van der Waals surface area contributed by atoms with Gasteiger partial charge >= 0.3 is 0 Å². The van der Waals surface area contributed by atoms with E-state index in [1.165, 1.54) is 0 Å². The van der Waals surface area contributed by atoms with E-state index in [1.54, 1.807) is 12.3 Å². The van der Waals surface area contributed by atoms with E-state index >= 15 is 0 Å². The zero-order chi connectivity index (χ0) is 8.81. The first-order valence-electron chi connectivity index (χ1n) is 3.70. The highest BCUT2D eigenvalue weighted by Gasteiger charge is 1.94. The number of aromatic nitrogens is 1. The molecule has 0 radical (unpaired) electrons. The monoisotopic (exact) mass is 159 g/mol. The Balaban J connectivity index is 2.74. The molecule has 0 bridgehead atoms. The lowest BCUT2D eigenvalue weighted by molar-refractivity contribution is 0.111. The minimum absolute atomic E-state index is 0.463. The second kappa shape index (κ2) is 4.30. The highest BCUT2D eigenvalue weighted by Crippen LogP contribution is 2.02. The van der Waals surface area contributed by atoms with Crippen molar-refractivity contribution < 1.29 is 4.79 Å². The summed E-state index contributed by atoms with van der Waals surface area (Å²) in [5, 5.41) is 0. The van der Waals surface area contributed by atoms with Crippen LogP contribution in [-0.2, 0) is 6.42 Å². The molecule has 0 saturated carbocycles. The summed E-state index contributed by atoms with van der Waals surface area (Å²) in [7, 11) is 0. The highest BCUT2D eigenvalue weighted by atomic mass is 16.1. The molecule has 60 valence electrons. The minimum Gasteiger partial charge on any atom is -0.296 e. The molecule has 0 amide bonds. The second-order valence-corrected chi connectivity index (χ2v) is 2.41. The fourth-order valence-corrected chi connectivity index (χ4v) is 0.931. The molecule has 0 spiro atoms. The number of terminal acetylenes is 1. The molecular formula is C10H9NO. The average Bonchev–Trinajstić information content (AvgIpc) is 2.15. The molecule has 0 aliphatic heterocycles. The van der Waals surface area contributed by atoms with Gasteiger partial charge in [0.25, 0.3) is 0 Å². The van der Waals surface area contributed by atoms with Gasteiger partial charge < -0.3 is 0 Å². The molecular weight excluding hydrogens is 150 g/mol. The number of aldehydes is 1. The van der Waals surface area contributed by atoms with Gasteiger partial charge in [-0.1, -0.05) is 0 Å². The van der Waals surface area contributed by atoms with E-state index in [0.717, 1.165) is 18.3 Å². The predicted octanol–water partition coefficient (Wildman–Crippen LogP) is 1.46. The van der Waals surface area contributed by atoms with Crippen LogP contribution in [0.2, 0.25) is 0 Å². The van der Waals surface area contributed by atoms with Gasteiger partial charge in [-0.2, -0.15) is 0 Å². The van der Waals surface area contributed by atoms with Crippen LogP contribution < -0.4 is 0 Å². The van der Waals surface area contributed by atoms with Crippen LogP contribution in [0.1, 0.15) is 22.5 Å². The van der Waals surface area contributed by atoms with E-state index < -0.39 is 0 Å². The van der Waals surface area contributed by atoms with Gasteiger partial charge in [0.15, 0.2) is 6.29 Å². The number of carbonyl (C=O) groups excluding carboxylic acids is 1. The zero-order valence-electron chi connectivity index (χ0n) is 6.66. The third-order valence-corrected chi connectivity index (χ3v) is 1.52. The maximum absolute atomic E-state index is 10.3. The van der Waals surface area contributed by atoms with Crippen LogP contribution in [-0.4, -0.2) is 11.3 Å². The summed E-state index contributed by atoms with van der Waals surface area (Å²) in [5.74, 6) is 2.54. The quantitative estimate of drug-likeness (QED) is 0.493. The molecule has 0 unspecified atom stereocenters. The number of hydrogen-bond acceptors (Lipinski definition) is 2. The molecule has 0 saturated heterocycles. The molecule has 1 aromatic heterocycles. The summed E-state index contributed by atoms with van der Waals surface area (Å²) in [5.41, 5.74) is 1.52. The first-order chi connectivity index (χ1) is 5.86. The molecule has 1 aromatic rings. The van der Waals surface area contributed by atoms with E-state index in [9.17, 15) is 4.79 Å². The lowest BCUT2D eigenvalue weighted by Gasteiger charge is -1.96. The van der Waals surface area contributed by atoms with Crippen molar-refractivity contribution in [1.82, 2.24) is 4.98 Å². The first-order valence-corrected chi connectivity index (χ1v) is 3.70. The van der Waals surface area contributed by atoms with Crippen molar-refractivity contribution in [3.8, 4) is 12.3 Å². The third kappa shape index (κ3) is 2.21. The number of carbonyl (C=O) groups is 1. The predicted molar refractivity (Wildman–Crippen MR) is 46.8 cm³/mol. The van der Waals surface area contributed by atoms with E-state index in [1.807, 2.05) is 6.07 Å². The normalized spacial score (nSPS) is 8.92. The number of rotatable bonds is 3. The molecule has 0 aromatic carbocycles. The molecule has 0 fully saturated rings. The van der Waals surface area contributed by atoms with Gasteiger partial charge in [-0.3, -0.25) is 9.78 Å². The Morgan fingerprint density at radius 3 is 3.17 bits per heavy atom. The van der Waals surface area contributed by atoms with E-state index in [0.29, 0.717) is 12.1 Å². The number of aryl methyl sites for hydroxylation is 1. The highest BCUT2D eigenvalue weighted by molar-refractivity contribution is 5.71. The van der Waals surface area contributed by atoms with E-state index in [4.69, 9.17) is 6.42 Å². The van der Waals surface area contributed by atoms with Crippen LogP contribution in [0.4, 0.5) is 0 Å². The average molecular weight is 159 g/mol. The van der Waals surface area contributed by atoms with Crippen molar-refractivity contribution >= 4 is 6.29 Å². The number of hydrogen-bond donors (Lipinski definition) is 0. The Bertz CT molecular complexity index is 312. The Kier molecular flexibility index (Phi) is 3.04. The van der Waals surface area contributed by atoms with Crippen molar-refractivity contribution in [2.45, 2.75) is 12.8 Å². The molecule has 0 aliphatic carbocycles. The standard InChI is InChI=1S/C10H9NO/c1-2-3-4-9-5-6-11-10(7-9)8-12/h1,5-8H,3-4H2. The lowest BCUT2D eigenvalue weighted by atomic mass is 10.1. The SMILES string of the molecule is C#CCCc1ccnc(C=O)c1. The summed E-state index contributed by atoms with van der Waals surface area (Å²) >= 11 is 0. The second-order valence-electron chi connectivity index (χ2n) is 2.41. The summed E-state index contributed by atoms with van der Waals surface area (Å²) in [6.45, 7) is 0. The van der Waals surface area contributed by atoms with Crippen LogP contribution in [0.25, 0.3) is 0 Å². The largest absolute Gasteiger partial charge is 0.296 e.